The van der Waals surface area contributed by atoms with Crippen molar-refractivity contribution in [2.75, 3.05) is 33.2 Å². The number of fused-ring (bicyclic) bond motifs is 1. The Balaban J connectivity index is 1.81. The molecule has 1 saturated heterocycles. The van der Waals surface area contributed by atoms with Gasteiger partial charge in [-0.3, -0.25) is 4.90 Å². The highest BCUT2D eigenvalue weighted by Gasteiger charge is 2.34. The normalized spacial score (nSPS) is 32.6. The van der Waals surface area contributed by atoms with E-state index in [0.717, 1.165) is 6.54 Å². The molecule has 1 aromatic carbocycles. The lowest BCUT2D eigenvalue weighted by Gasteiger charge is -2.41. The van der Waals surface area contributed by atoms with Crippen LogP contribution in [-0.2, 0) is 0 Å². The number of hydrogen-bond acceptors (Lipinski definition) is 3. The number of nitrogens with zero attached hydrogens (tertiary/aromatic N) is 2. The summed E-state index contributed by atoms with van der Waals surface area (Å²) in [4.78, 5) is 5.08. The lowest BCUT2D eigenvalue weighted by atomic mass is 9.77. The largest absolute Gasteiger partial charge is 0.323 e. The van der Waals surface area contributed by atoms with Crippen molar-refractivity contribution in [1.29, 1.82) is 0 Å². The molecule has 0 aromatic heterocycles. The molecule has 20 heavy (non-hydrogen) atoms. The molecular formula is C17H27N3. The molecule has 0 spiro atoms. The van der Waals surface area contributed by atoms with Crippen LogP contribution in [0.1, 0.15) is 42.9 Å². The van der Waals surface area contributed by atoms with Gasteiger partial charge in [-0.15, -0.1) is 0 Å². The van der Waals surface area contributed by atoms with Gasteiger partial charge < -0.3 is 10.6 Å². The zero-order valence-electron chi connectivity index (χ0n) is 12.8. The molecule has 2 aliphatic rings. The number of hydrogen-bond donors (Lipinski definition) is 1. The van der Waals surface area contributed by atoms with E-state index < -0.39 is 0 Å². The Labute approximate surface area is 122 Å². The van der Waals surface area contributed by atoms with Gasteiger partial charge in [-0.25, -0.2) is 0 Å². The summed E-state index contributed by atoms with van der Waals surface area (Å²) in [5.74, 6) is 0.622. The third-order valence-corrected chi connectivity index (χ3v) is 5.12. The molecule has 110 valence electrons. The molecule has 3 nitrogen and oxygen atoms in total. The van der Waals surface area contributed by atoms with Crippen molar-refractivity contribution in [2.45, 2.75) is 37.8 Å². The van der Waals surface area contributed by atoms with E-state index in [9.17, 15) is 0 Å². The lowest BCUT2D eigenvalue weighted by Crippen LogP contribution is -2.47. The van der Waals surface area contributed by atoms with Gasteiger partial charge in [0.1, 0.15) is 0 Å². The van der Waals surface area contributed by atoms with Crippen LogP contribution in [0.3, 0.4) is 0 Å². The number of nitrogens with two attached hydrogens (primary N) is 1. The Morgan fingerprint density at radius 1 is 1.05 bits per heavy atom. The molecule has 1 heterocycles. The van der Waals surface area contributed by atoms with Gasteiger partial charge >= 0.3 is 0 Å². The molecule has 1 fully saturated rings. The topological polar surface area (TPSA) is 32.5 Å². The molecule has 0 radical (unpaired) electrons. The predicted molar refractivity (Wildman–Crippen MR) is 83.9 cm³/mol. The SMILES string of the molecule is CC1CC(N2CCCN(C)CC2)C(N)c2ccccc21. The first-order valence-electron chi connectivity index (χ1n) is 7.94. The second-order valence-electron chi connectivity index (χ2n) is 6.55. The zero-order valence-corrected chi connectivity index (χ0v) is 12.8. The predicted octanol–water partition coefficient (Wildman–Crippen LogP) is 2.20. The van der Waals surface area contributed by atoms with Gasteiger partial charge in [0, 0.05) is 25.2 Å². The Kier molecular flexibility index (Phi) is 4.11. The molecule has 0 saturated carbocycles. The maximum atomic E-state index is 6.61. The van der Waals surface area contributed by atoms with E-state index in [1.165, 1.54) is 43.6 Å². The van der Waals surface area contributed by atoms with Crippen molar-refractivity contribution in [3.8, 4) is 0 Å². The molecule has 3 rings (SSSR count). The highest BCUT2D eigenvalue weighted by molar-refractivity contribution is 5.36. The summed E-state index contributed by atoms with van der Waals surface area (Å²) >= 11 is 0. The smallest absolute Gasteiger partial charge is 0.0456 e. The molecule has 3 atom stereocenters. The molecule has 3 heteroatoms. The number of rotatable bonds is 1. The van der Waals surface area contributed by atoms with Crippen molar-refractivity contribution in [3.63, 3.8) is 0 Å². The third kappa shape index (κ3) is 2.62. The summed E-state index contributed by atoms with van der Waals surface area (Å²) in [6.07, 6.45) is 2.46. The maximum absolute atomic E-state index is 6.61. The first-order valence-corrected chi connectivity index (χ1v) is 7.94. The van der Waals surface area contributed by atoms with Gasteiger partial charge in [0.25, 0.3) is 0 Å². The average Bonchev–Trinajstić information content (AvgIpc) is 2.68. The van der Waals surface area contributed by atoms with E-state index in [2.05, 4.69) is 48.0 Å². The second-order valence-corrected chi connectivity index (χ2v) is 6.55. The number of benzene rings is 1. The molecule has 0 bridgehead atoms. The molecular weight excluding hydrogens is 246 g/mol. The van der Waals surface area contributed by atoms with Crippen LogP contribution >= 0.6 is 0 Å². The fourth-order valence-electron chi connectivity index (χ4n) is 3.88. The Morgan fingerprint density at radius 3 is 2.60 bits per heavy atom. The first kappa shape index (κ1) is 14.1. The molecule has 1 aliphatic carbocycles. The molecule has 1 aromatic rings. The average molecular weight is 273 g/mol. The van der Waals surface area contributed by atoms with Crippen LogP contribution in [0.2, 0.25) is 0 Å². The van der Waals surface area contributed by atoms with Crippen LogP contribution in [-0.4, -0.2) is 49.1 Å². The van der Waals surface area contributed by atoms with Crippen molar-refractivity contribution < 1.29 is 0 Å². The quantitative estimate of drug-likeness (QED) is 0.851. The minimum Gasteiger partial charge on any atom is -0.323 e. The van der Waals surface area contributed by atoms with Gasteiger partial charge in [-0.05, 0) is 50.0 Å². The van der Waals surface area contributed by atoms with Crippen LogP contribution < -0.4 is 5.73 Å². The Bertz CT molecular complexity index is 459. The minimum atomic E-state index is 0.172. The standard InChI is InChI=1S/C17H27N3/c1-13-12-16(20-9-5-8-19(2)10-11-20)17(18)15-7-4-3-6-14(13)15/h3-4,6-7,13,16-17H,5,8-12,18H2,1-2H3. The summed E-state index contributed by atoms with van der Waals surface area (Å²) in [6, 6.07) is 9.43. The Morgan fingerprint density at radius 2 is 1.80 bits per heavy atom. The van der Waals surface area contributed by atoms with Gasteiger partial charge in [0.05, 0.1) is 0 Å². The van der Waals surface area contributed by atoms with Crippen LogP contribution in [0, 0.1) is 0 Å². The Hall–Kier alpha value is -0.900. The first-order chi connectivity index (χ1) is 9.66. The van der Waals surface area contributed by atoms with Crippen molar-refractivity contribution >= 4 is 0 Å². The minimum absolute atomic E-state index is 0.172. The highest BCUT2D eigenvalue weighted by Crippen LogP contribution is 2.38. The summed E-state index contributed by atoms with van der Waals surface area (Å²) in [7, 11) is 2.22. The van der Waals surface area contributed by atoms with E-state index in [1.54, 1.807) is 0 Å². The van der Waals surface area contributed by atoms with Gasteiger partial charge in [0.15, 0.2) is 0 Å². The van der Waals surface area contributed by atoms with Crippen molar-refractivity contribution in [1.82, 2.24) is 9.80 Å². The third-order valence-electron chi connectivity index (χ3n) is 5.12. The number of likely N-dealkylation sites (N-methyl/N-ethyl adjacent to an activating group) is 1. The molecule has 1 aliphatic heterocycles. The van der Waals surface area contributed by atoms with Crippen molar-refractivity contribution in [2.24, 2.45) is 5.73 Å². The van der Waals surface area contributed by atoms with Crippen LogP contribution in [0.4, 0.5) is 0 Å². The molecule has 3 unspecified atom stereocenters. The van der Waals surface area contributed by atoms with E-state index >= 15 is 0 Å². The second kappa shape index (κ2) is 5.84. The molecule has 2 N–H and O–H groups in total. The van der Waals surface area contributed by atoms with Crippen molar-refractivity contribution in [3.05, 3.63) is 35.4 Å². The van der Waals surface area contributed by atoms with E-state index in [1.807, 2.05) is 0 Å². The van der Waals surface area contributed by atoms with E-state index in [4.69, 9.17) is 5.73 Å². The monoisotopic (exact) mass is 273 g/mol. The van der Waals surface area contributed by atoms with Crippen LogP contribution in [0.5, 0.6) is 0 Å². The zero-order chi connectivity index (χ0) is 14.1. The lowest BCUT2D eigenvalue weighted by molar-refractivity contribution is 0.152. The van der Waals surface area contributed by atoms with Gasteiger partial charge in [0.2, 0.25) is 0 Å². The molecule has 0 amide bonds. The fraction of sp³-hybridized carbons (Fsp3) is 0.647. The van der Waals surface area contributed by atoms with Gasteiger partial charge in [-0.2, -0.15) is 0 Å². The fourth-order valence-corrected chi connectivity index (χ4v) is 3.88. The highest BCUT2D eigenvalue weighted by atomic mass is 15.2. The summed E-state index contributed by atoms with van der Waals surface area (Å²) < 4.78 is 0. The van der Waals surface area contributed by atoms with E-state index in [0.29, 0.717) is 12.0 Å². The summed E-state index contributed by atoms with van der Waals surface area (Å²) in [5.41, 5.74) is 9.44. The van der Waals surface area contributed by atoms with E-state index in [-0.39, 0.29) is 6.04 Å². The van der Waals surface area contributed by atoms with Crippen LogP contribution in [0.25, 0.3) is 0 Å². The maximum Gasteiger partial charge on any atom is 0.0456 e. The summed E-state index contributed by atoms with van der Waals surface area (Å²) in [5, 5.41) is 0. The van der Waals surface area contributed by atoms with Gasteiger partial charge in [-0.1, -0.05) is 31.2 Å². The summed E-state index contributed by atoms with van der Waals surface area (Å²) in [6.45, 7) is 7.08. The van der Waals surface area contributed by atoms with Crippen LogP contribution in [0.15, 0.2) is 24.3 Å².